The predicted molar refractivity (Wildman–Crippen MR) is 114 cm³/mol. The highest BCUT2D eigenvalue weighted by molar-refractivity contribution is 14.0. The molecule has 0 aromatic heterocycles. The van der Waals surface area contributed by atoms with Gasteiger partial charge in [0.15, 0.2) is 5.96 Å². The average molecular weight is 444 g/mol. The molecule has 1 unspecified atom stereocenters. The number of nitrogens with zero attached hydrogens (tertiary/aromatic N) is 2. The number of hydrogen-bond donors (Lipinski definition) is 2. The monoisotopic (exact) mass is 444 g/mol. The number of aryl methyl sites for hydroxylation is 1. The van der Waals surface area contributed by atoms with Crippen molar-refractivity contribution in [1.82, 2.24) is 15.5 Å². The molecular formula is C19H33IN4. The zero-order valence-corrected chi connectivity index (χ0v) is 17.7. The maximum atomic E-state index is 4.76. The molecule has 0 spiro atoms. The lowest BCUT2D eigenvalue weighted by atomic mass is 10.1. The molecule has 1 fully saturated rings. The molecule has 4 nitrogen and oxygen atoms in total. The number of hydrogen-bond acceptors (Lipinski definition) is 2. The topological polar surface area (TPSA) is 39.7 Å². The summed E-state index contributed by atoms with van der Waals surface area (Å²) in [6, 6.07) is 8.62. The van der Waals surface area contributed by atoms with E-state index in [0.717, 1.165) is 31.5 Å². The molecule has 24 heavy (non-hydrogen) atoms. The molecule has 0 saturated carbocycles. The third-order valence-electron chi connectivity index (χ3n) is 4.41. The molecule has 136 valence electrons. The summed E-state index contributed by atoms with van der Waals surface area (Å²) in [7, 11) is 2.20. The van der Waals surface area contributed by atoms with E-state index in [2.05, 4.69) is 60.7 Å². The molecule has 1 aromatic rings. The number of likely N-dealkylation sites (tertiary alicyclic amines) is 1. The third-order valence-corrected chi connectivity index (χ3v) is 4.41. The summed E-state index contributed by atoms with van der Waals surface area (Å²) in [4.78, 5) is 7.16. The van der Waals surface area contributed by atoms with E-state index in [0.29, 0.717) is 0 Å². The Balaban J connectivity index is 0.00000288. The van der Waals surface area contributed by atoms with E-state index in [1.807, 2.05) is 0 Å². The van der Waals surface area contributed by atoms with Crippen molar-refractivity contribution in [2.75, 3.05) is 33.2 Å². The van der Waals surface area contributed by atoms with Crippen LogP contribution in [0.5, 0.6) is 0 Å². The summed E-state index contributed by atoms with van der Waals surface area (Å²) in [5.41, 5.74) is 2.55. The number of rotatable bonds is 7. The van der Waals surface area contributed by atoms with Gasteiger partial charge in [0, 0.05) is 19.6 Å². The van der Waals surface area contributed by atoms with Crippen LogP contribution in [-0.4, -0.2) is 44.1 Å². The Hall–Kier alpha value is -0.820. The van der Waals surface area contributed by atoms with E-state index in [-0.39, 0.29) is 24.0 Å². The molecular weight excluding hydrogens is 411 g/mol. The van der Waals surface area contributed by atoms with E-state index in [1.54, 1.807) is 0 Å². The van der Waals surface area contributed by atoms with Gasteiger partial charge in [-0.1, -0.05) is 43.2 Å². The maximum Gasteiger partial charge on any atom is 0.191 e. The number of aliphatic imine (C=N–C) groups is 1. The first-order valence-corrected chi connectivity index (χ1v) is 8.93. The van der Waals surface area contributed by atoms with Crippen LogP contribution in [0.25, 0.3) is 0 Å². The van der Waals surface area contributed by atoms with Gasteiger partial charge < -0.3 is 15.5 Å². The van der Waals surface area contributed by atoms with Crippen molar-refractivity contribution < 1.29 is 0 Å². The first-order valence-electron chi connectivity index (χ1n) is 8.93. The smallest absolute Gasteiger partial charge is 0.191 e. The first-order chi connectivity index (χ1) is 11.2. The molecule has 0 radical (unpaired) electrons. The van der Waals surface area contributed by atoms with Gasteiger partial charge in [-0.15, -0.1) is 24.0 Å². The molecule has 2 N–H and O–H groups in total. The number of benzene rings is 1. The van der Waals surface area contributed by atoms with E-state index < -0.39 is 0 Å². The van der Waals surface area contributed by atoms with Crippen LogP contribution in [0.1, 0.15) is 37.3 Å². The highest BCUT2D eigenvalue weighted by Gasteiger charge is 2.19. The number of nitrogens with one attached hydrogen (secondary N) is 2. The molecule has 5 heteroatoms. The Morgan fingerprint density at radius 2 is 2.00 bits per heavy atom. The highest BCUT2D eigenvalue weighted by atomic mass is 127. The molecule has 0 aliphatic carbocycles. The number of halogens is 1. The second-order valence-electron chi connectivity index (χ2n) is 6.73. The van der Waals surface area contributed by atoms with Gasteiger partial charge in [0.25, 0.3) is 0 Å². The molecule has 0 bridgehead atoms. The molecule has 2 rings (SSSR count). The van der Waals surface area contributed by atoms with Gasteiger partial charge in [0.1, 0.15) is 0 Å². The van der Waals surface area contributed by atoms with Crippen LogP contribution < -0.4 is 10.6 Å². The maximum absolute atomic E-state index is 4.76. The standard InChI is InChI=1S/C19H32N4.HI/c1-4-5-11-20-19(22-14-18-10-12-23(3)15-18)21-13-17-8-6-16(2)7-9-17;/h6-9,18H,4-5,10-15H2,1-3H3,(H2,20,21,22);1H. The van der Waals surface area contributed by atoms with E-state index >= 15 is 0 Å². The van der Waals surface area contributed by atoms with Gasteiger partial charge in [-0.25, -0.2) is 4.99 Å². The van der Waals surface area contributed by atoms with Crippen molar-refractivity contribution in [2.24, 2.45) is 10.9 Å². The lowest BCUT2D eigenvalue weighted by Gasteiger charge is -2.16. The van der Waals surface area contributed by atoms with Crippen LogP contribution in [0.2, 0.25) is 0 Å². The molecule has 1 aliphatic heterocycles. The summed E-state index contributed by atoms with van der Waals surface area (Å²) >= 11 is 0. The van der Waals surface area contributed by atoms with Gasteiger partial charge in [0.05, 0.1) is 6.54 Å². The molecule has 1 atom stereocenters. The highest BCUT2D eigenvalue weighted by Crippen LogP contribution is 2.12. The number of unbranched alkanes of at least 4 members (excludes halogenated alkanes) is 1. The fourth-order valence-corrected chi connectivity index (χ4v) is 2.86. The zero-order valence-electron chi connectivity index (χ0n) is 15.3. The van der Waals surface area contributed by atoms with Crippen molar-refractivity contribution >= 4 is 29.9 Å². The Morgan fingerprint density at radius 3 is 2.62 bits per heavy atom. The van der Waals surface area contributed by atoms with Gasteiger partial charge in [-0.2, -0.15) is 0 Å². The Kier molecular flexibility index (Phi) is 10.3. The van der Waals surface area contributed by atoms with E-state index in [9.17, 15) is 0 Å². The molecule has 1 saturated heterocycles. The van der Waals surface area contributed by atoms with Gasteiger partial charge in [0.2, 0.25) is 0 Å². The van der Waals surface area contributed by atoms with Crippen LogP contribution in [0, 0.1) is 12.8 Å². The second kappa shape index (κ2) is 11.7. The van der Waals surface area contributed by atoms with Gasteiger partial charge in [-0.05, 0) is 44.8 Å². The summed E-state index contributed by atoms with van der Waals surface area (Å²) in [5.74, 6) is 1.69. The summed E-state index contributed by atoms with van der Waals surface area (Å²) < 4.78 is 0. The van der Waals surface area contributed by atoms with Gasteiger partial charge >= 0.3 is 0 Å². The molecule has 1 aliphatic rings. The average Bonchev–Trinajstić information content (AvgIpc) is 2.96. The van der Waals surface area contributed by atoms with E-state index in [1.165, 1.54) is 43.5 Å². The minimum absolute atomic E-state index is 0. The lowest BCUT2D eigenvalue weighted by molar-refractivity contribution is 0.394. The normalized spacial score (nSPS) is 18.3. The van der Waals surface area contributed by atoms with Crippen molar-refractivity contribution in [3.05, 3.63) is 35.4 Å². The SMILES string of the molecule is CCCCNC(=NCc1ccc(C)cc1)NCC1CCN(C)C1.I. The van der Waals surface area contributed by atoms with Crippen LogP contribution in [0.4, 0.5) is 0 Å². The molecule has 1 aromatic carbocycles. The largest absolute Gasteiger partial charge is 0.356 e. The first kappa shape index (κ1) is 21.2. The van der Waals surface area contributed by atoms with E-state index in [4.69, 9.17) is 4.99 Å². The Morgan fingerprint density at radius 1 is 1.25 bits per heavy atom. The van der Waals surface area contributed by atoms with Crippen molar-refractivity contribution in [3.63, 3.8) is 0 Å². The quantitative estimate of drug-likeness (QED) is 0.293. The predicted octanol–water partition coefficient (Wildman–Crippen LogP) is 3.40. The summed E-state index contributed by atoms with van der Waals surface area (Å²) in [5, 5.41) is 7.00. The summed E-state index contributed by atoms with van der Waals surface area (Å²) in [6.07, 6.45) is 3.66. The lowest BCUT2D eigenvalue weighted by Crippen LogP contribution is -2.40. The fraction of sp³-hybridized carbons (Fsp3) is 0.632. The minimum atomic E-state index is 0. The molecule has 1 heterocycles. The Bertz CT molecular complexity index is 487. The van der Waals surface area contributed by atoms with Crippen molar-refractivity contribution in [3.8, 4) is 0 Å². The number of guanidine groups is 1. The fourth-order valence-electron chi connectivity index (χ4n) is 2.86. The van der Waals surface area contributed by atoms with Crippen molar-refractivity contribution in [1.29, 1.82) is 0 Å². The van der Waals surface area contributed by atoms with Crippen LogP contribution in [-0.2, 0) is 6.54 Å². The van der Waals surface area contributed by atoms with Crippen LogP contribution >= 0.6 is 24.0 Å². The minimum Gasteiger partial charge on any atom is -0.356 e. The summed E-state index contributed by atoms with van der Waals surface area (Å²) in [6.45, 7) is 9.46. The van der Waals surface area contributed by atoms with Gasteiger partial charge in [-0.3, -0.25) is 0 Å². The molecule has 0 amide bonds. The third kappa shape index (κ3) is 7.83. The second-order valence-corrected chi connectivity index (χ2v) is 6.73. The zero-order chi connectivity index (χ0) is 16.5. The Labute approximate surface area is 164 Å². The van der Waals surface area contributed by atoms with Crippen LogP contribution in [0.3, 0.4) is 0 Å². The van der Waals surface area contributed by atoms with Crippen molar-refractivity contribution in [2.45, 2.75) is 39.7 Å². The van der Waals surface area contributed by atoms with Crippen LogP contribution in [0.15, 0.2) is 29.3 Å².